The Balaban J connectivity index is 1.33. The number of amides is 3. The Bertz CT molecular complexity index is 1500. The number of hydrogen-bond acceptors (Lipinski definition) is 6. The van der Waals surface area contributed by atoms with Crippen LogP contribution < -0.4 is 10.6 Å². The zero-order valence-electron chi connectivity index (χ0n) is 26.9. The number of carbonyl (C=O) groups excluding carboxylic acids is 3. The minimum Gasteiger partial charge on any atom is -0.381 e. The van der Waals surface area contributed by atoms with E-state index in [4.69, 9.17) is 12.3 Å². The molecule has 2 N–H and O–H groups in total. The van der Waals surface area contributed by atoms with E-state index in [2.05, 4.69) is 15.4 Å². The van der Waals surface area contributed by atoms with Crippen LogP contribution in [0.1, 0.15) is 52.2 Å². The van der Waals surface area contributed by atoms with E-state index >= 15 is 4.39 Å². The Morgan fingerprint density at radius 3 is 2.79 bits per heavy atom. The molecule has 34 heavy (non-hydrogen) atoms. The molecule has 8 nitrogen and oxygen atoms in total. The van der Waals surface area contributed by atoms with Gasteiger partial charge in [0.05, 0.1) is 20.0 Å². The molecule has 2 fully saturated rings. The van der Waals surface area contributed by atoms with Crippen molar-refractivity contribution >= 4 is 23.4 Å². The minimum absolute atomic E-state index is 0.0503. The molecule has 0 spiro atoms. The summed E-state index contributed by atoms with van der Waals surface area (Å²) < 4.78 is 92.0. The third kappa shape index (κ3) is 4.53. The predicted octanol–water partition coefficient (Wildman–Crippen LogP) is 2.03. The first-order valence-corrected chi connectivity index (χ1v) is 10.6. The molecule has 0 bridgehead atoms. The largest absolute Gasteiger partial charge is 0.381 e. The number of nitrogens with one attached hydrogen (secondary N) is 2. The van der Waals surface area contributed by atoms with Gasteiger partial charge in [0.2, 0.25) is 11.8 Å². The van der Waals surface area contributed by atoms with E-state index in [1.165, 1.54) is 12.1 Å². The van der Waals surface area contributed by atoms with Crippen LogP contribution in [-0.2, 0) is 34.0 Å². The average Bonchev–Trinajstić information content (AvgIpc) is 3.25. The number of halogens is 1. The summed E-state index contributed by atoms with van der Waals surface area (Å²) in [5, 5.41) is 5.15. The third-order valence-electron chi connectivity index (χ3n) is 5.79. The number of nitrogens with zero attached hydrogens (tertiary/aromatic N) is 2. The van der Waals surface area contributed by atoms with Crippen molar-refractivity contribution in [3.63, 3.8) is 0 Å². The highest BCUT2D eigenvalue weighted by molar-refractivity contribution is 6.06. The van der Waals surface area contributed by atoms with Crippen LogP contribution in [0.3, 0.4) is 0 Å². The molecule has 5 rings (SSSR count). The molecule has 1 atom stereocenters. The summed E-state index contributed by atoms with van der Waals surface area (Å²) in [6, 6.07) is 6.56. The van der Waals surface area contributed by atoms with Gasteiger partial charge in [-0.2, -0.15) is 0 Å². The smallest absolute Gasteiger partial charge is 0.255 e. The fourth-order valence-corrected chi connectivity index (χ4v) is 4.07. The molecule has 9 heteroatoms. The molecule has 0 saturated carbocycles. The lowest BCUT2D eigenvalue weighted by atomic mass is 10.0. The molecular weight excluding hydrogens is 439 g/mol. The zero-order valence-corrected chi connectivity index (χ0v) is 17.9. The summed E-state index contributed by atoms with van der Waals surface area (Å²) in [5.41, 5.74) is 1.39. The van der Waals surface area contributed by atoms with Crippen molar-refractivity contribution in [1.29, 1.82) is 0 Å². The molecule has 2 aromatic rings. The SMILES string of the molecule is [2H]C1([2H])OC([2H])([2H])C([2H])([2H])N(Cc2ccc(CNc3cccc4c3CN([C@]3([2H])CCC(=O)NC3=O)C4=O)c(F)c2)C1([2H])[2H]. The van der Waals surface area contributed by atoms with Gasteiger partial charge >= 0.3 is 0 Å². The second kappa shape index (κ2) is 9.52. The van der Waals surface area contributed by atoms with E-state index in [1.807, 2.05) is 0 Å². The van der Waals surface area contributed by atoms with Gasteiger partial charge in [0.15, 0.2) is 0 Å². The first-order valence-electron chi connectivity index (χ1n) is 15.1. The van der Waals surface area contributed by atoms with E-state index < -0.39 is 62.2 Å². The van der Waals surface area contributed by atoms with Gasteiger partial charge in [0, 0.05) is 66.9 Å². The van der Waals surface area contributed by atoms with Crippen LogP contribution >= 0.6 is 0 Å². The highest BCUT2D eigenvalue weighted by Gasteiger charge is 2.39. The van der Waals surface area contributed by atoms with Crippen molar-refractivity contribution in [2.24, 2.45) is 0 Å². The van der Waals surface area contributed by atoms with Gasteiger partial charge in [-0.15, -0.1) is 0 Å². The molecule has 2 aromatic carbocycles. The van der Waals surface area contributed by atoms with Crippen molar-refractivity contribution < 1.29 is 35.8 Å². The van der Waals surface area contributed by atoms with Crippen LogP contribution in [-0.4, -0.2) is 59.7 Å². The Hall–Kier alpha value is -3.30. The minimum atomic E-state index is -3.21. The first kappa shape index (κ1) is 14.2. The van der Waals surface area contributed by atoms with Gasteiger partial charge in [-0.25, -0.2) is 4.39 Å². The number of rotatable bonds is 6. The van der Waals surface area contributed by atoms with E-state index in [0.29, 0.717) is 16.2 Å². The van der Waals surface area contributed by atoms with E-state index in [0.717, 1.165) is 11.0 Å². The number of piperidine rings is 1. The summed E-state index contributed by atoms with van der Waals surface area (Å²) in [7, 11) is 0. The van der Waals surface area contributed by atoms with Crippen LogP contribution in [0.15, 0.2) is 36.4 Å². The van der Waals surface area contributed by atoms with Crippen LogP contribution in [0.25, 0.3) is 0 Å². The van der Waals surface area contributed by atoms with Gasteiger partial charge in [-0.05, 0) is 30.2 Å². The number of fused-ring (bicyclic) bond motifs is 1. The Kier molecular flexibility index (Phi) is 3.97. The molecule has 2 saturated heterocycles. The molecule has 3 aliphatic rings. The van der Waals surface area contributed by atoms with Crippen molar-refractivity contribution in [1.82, 2.24) is 15.1 Å². The summed E-state index contributed by atoms with van der Waals surface area (Å²) in [4.78, 5) is 38.6. The third-order valence-corrected chi connectivity index (χ3v) is 5.79. The van der Waals surface area contributed by atoms with E-state index in [9.17, 15) is 14.4 Å². The fraction of sp³-hybridized carbons (Fsp3) is 0.400. The summed E-state index contributed by atoms with van der Waals surface area (Å²) in [6.45, 7) is -13.5. The van der Waals surface area contributed by atoms with Crippen LogP contribution in [0, 0.1) is 5.82 Å². The summed E-state index contributed by atoms with van der Waals surface area (Å²) in [6.07, 6.45) is -0.239. The van der Waals surface area contributed by atoms with Crippen LogP contribution in [0.5, 0.6) is 0 Å². The van der Waals surface area contributed by atoms with Gasteiger partial charge in [-0.1, -0.05) is 18.2 Å². The lowest BCUT2D eigenvalue weighted by Gasteiger charge is -2.29. The molecule has 0 radical (unpaired) electrons. The number of benzene rings is 2. The number of imide groups is 1. The standard InChI is InChI=1S/C25H27FN4O4/c26-20-12-16(14-29-8-10-34-11-9-29)4-5-17(20)13-27-21-3-1-2-18-19(21)15-30(25(18)33)22-6-7-23(31)28-24(22)32/h1-5,12,22,27H,6-11,13-15H2,(H,28,31,32)/t22-/m1/s1/i8D2,9D2,10D2,11D2,22D. The molecule has 178 valence electrons. The number of ether oxygens (including phenoxy) is 1. The lowest BCUT2D eigenvalue weighted by Crippen LogP contribution is -2.52. The van der Waals surface area contributed by atoms with Gasteiger partial charge in [-0.3, -0.25) is 24.6 Å². The first-order chi connectivity index (χ1) is 19.8. The highest BCUT2D eigenvalue weighted by atomic mass is 19.1. The predicted molar refractivity (Wildman–Crippen MR) is 122 cm³/mol. The molecule has 0 aromatic heterocycles. The molecular formula is C25H27FN4O4. The van der Waals surface area contributed by atoms with Crippen LogP contribution in [0.4, 0.5) is 10.1 Å². The number of carbonyl (C=O) groups is 3. The Labute approximate surface area is 209 Å². The maximum atomic E-state index is 15.2. The summed E-state index contributed by atoms with van der Waals surface area (Å²) in [5.74, 6) is -2.71. The Morgan fingerprint density at radius 2 is 2.03 bits per heavy atom. The molecule has 3 heterocycles. The topological polar surface area (TPSA) is 91.0 Å². The number of morpholine rings is 1. The maximum Gasteiger partial charge on any atom is 0.255 e. The van der Waals surface area contributed by atoms with E-state index in [1.54, 1.807) is 18.2 Å². The lowest BCUT2D eigenvalue weighted by molar-refractivity contribution is -0.136. The van der Waals surface area contributed by atoms with Gasteiger partial charge in [0.25, 0.3) is 5.91 Å². The second-order valence-electron chi connectivity index (χ2n) is 7.94. The van der Waals surface area contributed by atoms with Gasteiger partial charge < -0.3 is 15.0 Å². The Morgan fingerprint density at radius 1 is 1.21 bits per heavy atom. The van der Waals surface area contributed by atoms with Crippen molar-refractivity contribution in [3.8, 4) is 0 Å². The highest BCUT2D eigenvalue weighted by Crippen LogP contribution is 2.32. The second-order valence-corrected chi connectivity index (χ2v) is 7.94. The number of anilines is 1. The average molecular weight is 476 g/mol. The van der Waals surface area contributed by atoms with Crippen molar-refractivity contribution in [3.05, 3.63) is 64.5 Å². The number of hydrogen-bond donors (Lipinski definition) is 2. The normalized spacial score (nSPS) is 32.9. The maximum absolute atomic E-state index is 15.2. The monoisotopic (exact) mass is 475 g/mol. The van der Waals surface area contributed by atoms with Gasteiger partial charge in [0.1, 0.15) is 11.8 Å². The van der Waals surface area contributed by atoms with Crippen LogP contribution in [0.2, 0.25) is 0 Å². The zero-order chi connectivity index (χ0) is 31.8. The van der Waals surface area contributed by atoms with E-state index in [-0.39, 0.29) is 42.6 Å². The quantitative estimate of drug-likeness (QED) is 0.622. The molecule has 3 amide bonds. The fourth-order valence-electron chi connectivity index (χ4n) is 4.07. The van der Waals surface area contributed by atoms with Crippen molar-refractivity contribution in [2.45, 2.75) is 38.5 Å². The summed E-state index contributed by atoms with van der Waals surface area (Å²) >= 11 is 0. The van der Waals surface area contributed by atoms with Crippen molar-refractivity contribution in [2.75, 3.05) is 31.4 Å². The molecule has 3 aliphatic heterocycles. The molecule has 0 aliphatic carbocycles. The molecule has 0 unspecified atom stereocenters.